The fourth-order valence-electron chi connectivity index (χ4n) is 2.22. The van der Waals surface area contributed by atoms with Crippen LogP contribution in [0.1, 0.15) is 0 Å². The Morgan fingerprint density at radius 1 is 1.11 bits per heavy atom. The van der Waals surface area contributed by atoms with Crippen molar-refractivity contribution in [2.45, 2.75) is 0 Å². The van der Waals surface area contributed by atoms with Gasteiger partial charge in [0.05, 0.1) is 26.0 Å². The highest BCUT2D eigenvalue weighted by molar-refractivity contribution is 6.29. The summed E-state index contributed by atoms with van der Waals surface area (Å²) in [6.07, 6.45) is 3.56. The second-order valence-electron chi connectivity index (χ2n) is 4.46. The van der Waals surface area contributed by atoms with Crippen molar-refractivity contribution in [3.05, 3.63) is 29.7 Å². The van der Waals surface area contributed by atoms with Crippen molar-refractivity contribution in [2.75, 3.05) is 49.3 Å². The zero-order valence-corrected chi connectivity index (χ0v) is 11.3. The maximum atomic E-state index is 6.14. The number of halogens is 1. The van der Waals surface area contributed by atoms with Crippen LogP contribution in [0, 0.1) is 0 Å². The number of morpholine rings is 1. The maximum Gasteiger partial charge on any atom is 0.136 e. The van der Waals surface area contributed by atoms with Gasteiger partial charge < -0.3 is 19.3 Å². The molecule has 1 aromatic heterocycles. The van der Waals surface area contributed by atoms with Gasteiger partial charge in [0.15, 0.2) is 0 Å². The standard InChI is InChI=1S/C13H16ClN3O2/c14-12-9-11(16-1-5-18-6-2-16)10-13(15-12)17-3-7-19-8-4-17/h3,7,9-10H,1-2,4-6,8H2. The molecule has 0 N–H and O–H groups in total. The topological polar surface area (TPSA) is 37.8 Å². The summed E-state index contributed by atoms with van der Waals surface area (Å²) in [4.78, 5) is 8.69. The van der Waals surface area contributed by atoms with E-state index in [4.69, 9.17) is 21.1 Å². The minimum absolute atomic E-state index is 0.513. The fourth-order valence-corrected chi connectivity index (χ4v) is 2.42. The van der Waals surface area contributed by atoms with Crippen LogP contribution in [0.5, 0.6) is 0 Å². The molecule has 3 rings (SSSR count). The number of aromatic nitrogens is 1. The molecule has 19 heavy (non-hydrogen) atoms. The van der Waals surface area contributed by atoms with E-state index in [1.807, 2.05) is 17.2 Å². The average molecular weight is 282 g/mol. The highest BCUT2D eigenvalue weighted by Gasteiger charge is 2.15. The van der Waals surface area contributed by atoms with E-state index in [1.54, 1.807) is 6.26 Å². The van der Waals surface area contributed by atoms with Crippen LogP contribution >= 0.6 is 11.6 Å². The van der Waals surface area contributed by atoms with E-state index in [0.717, 1.165) is 44.4 Å². The largest absolute Gasteiger partial charge is 0.498 e. The van der Waals surface area contributed by atoms with Crippen molar-refractivity contribution in [1.29, 1.82) is 0 Å². The van der Waals surface area contributed by atoms with Crippen LogP contribution in [0.4, 0.5) is 11.5 Å². The molecule has 102 valence electrons. The third kappa shape index (κ3) is 2.93. The van der Waals surface area contributed by atoms with Gasteiger partial charge in [0, 0.05) is 31.0 Å². The van der Waals surface area contributed by atoms with E-state index >= 15 is 0 Å². The molecule has 0 radical (unpaired) electrons. The SMILES string of the molecule is Clc1cc(N2CCOCC2)cc(N2C=COCC2)n1. The number of pyridine rings is 1. The summed E-state index contributed by atoms with van der Waals surface area (Å²) in [5.74, 6) is 0.855. The van der Waals surface area contributed by atoms with E-state index < -0.39 is 0 Å². The van der Waals surface area contributed by atoms with E-state index in [-0.39, 0.29) is 0 Å². The molecule has 1 fully saturated rings. The monoisotopic (exact) mass is 281 g/mol. The summed E-state index contributed by atoms with van der Waals surface area (Å²) in [5.41, 5.74) is 1.10. The molecule has 3 heterocycles. The molecule has 0 aromatic carbocycles. The first kappa shape index (κ1) is 12.6. The van der Waals surface area contributed by atoms with E-state index in [9.17, 15) is 0 Å². The van der Waals surface area contributed by atoms with Crippen LogP contribution in [0.3, 0.4) is 0 Å². The van der Waals surface area contributed by atoms with Crippen molar-refractivity contribution in [2.24, 2.45) is 0 Å². The van der Waals surface area contributed by atoms with Crippen LogP contribution in [0.2, 0.25) is 5.15 Å². The van der Waals surface area contributed by atoms with Crippen molar-refractivity contribution in [3.8, 4) is 0 Å². The lowest BCUT2D eigenvalue weighted by molar-refractivity contribution is 0.122. The number of nitrogens with zero attached hydrogens (tertiary/aromatic N) is 3. The molecule has 0 amide bonds. The second-order valence-corrected chi connectivity index (χ2v) is 4.84. The van der Waals surface area contributed by atoms with Crippen LogP contribution < -0.4 is 9.80 Å². The Morgan fingerprint density at radius 2 is 1.95 bits per heavy atom. The molecule has 1 saturated heterocycles. The summed E-state index contributed by atoms with van der Waals surface area (Å²) in [6, 6.07) is 3.97. The Hall–Kier alpha value is -1.46. The predicted octanol–water partition coefficient (Wildman–Crippen LogP) is 1.88. The molecular formula is C13H16ClN3O2. The summed E-state index contributed by atoms with van der Waals surface area (Å²) in [6.45, 7) is 4.74. The maximum absolute atomic E-state index is 6.14. The normalized spacial score (nSPS) is 19.4. The van der Waals surface area contributed by atoms with Gasteiger partial charge in [-0.15, -0.1) is 0 Å². The fraction of sp³-hybridized carbons (Fsp3) is 0.462. The molecule has 0 saturated carbocycles. The number of rotatable bonds is 2. The third-order valence-corrected chi connectivity index (χ3v) is 3.42. The molecule has 0 spiro atoms. The van der Waals surface area contributed by atoms with Crippen molar-refractivity contribution in [1.82, 2.24) is 4.98 Å². The highest BCUT2D eigenvalue weighted by Crippen LogP contribution is 2.26. The Labute approximate surface area is 117 Å². The third-order valence-electron chi connectivity index (χ3n) is 3.22. The number of anilines is 2. The first-order valence-corrected chi connectivity index (χ1v) is 6.76. The molecule has 5 nitrogen and oxygen atoms in total. The van der Waals surface area contributed by atoms with E-state index in [2.05, 4.69) is 16.0 Å². The van der Waals surface area contributed by atoms with Gasteiger partial charge in [0.1, 0.15) is 17.6 Å². The zero-order chi connectivity index (χ0) is 13.1. The number of ether oxygens (including phenoxy) is 2. The lowest BCUT2D eigenvalue weighted by atomic mass is 10.3. The number of hydrogen-bond donors (Lipinski definition) is 0. The average Bonchev–Trinajstić information content (AvgIpc) is 2.48. The number of hydrogen-bond acceptors (Lipinski definition) is 5. The van der Waals surface area contributed by atoms with Gasteiger partial charge in [-0.05, 0) is 6.07 Å². The van der Waals surface area contributed by atoms with Gasteiger partial charge in [-0.1, -0.05) is 11.6 Å². The van der Waals surface area contributed by atoms with Crippen LogP contribution in [0.15, 0.2) is 24.6 Å². The lowest BCUT2D eigenvalue weighted by Gasteiger charge is -2.30. The second kappa shape index (κ2) is 5.67. The summed E-state index contributed by atoms with van der Waals surface area (Å²) < 4.78 is 10.6. The van der Waals surface area contributed by atoms with Crippen LogP contribution in [-0.4, -0.2) is 44.4 Å². The Morgan fingerprint density at radius 3 is 2.68 bits per heavy atom. The molecule has 0 aliphatic carbocycles. The molecule has 0 unspecified atom stereocenters. The van der Waals surface area contributed by atoms with Crippen molar-refractivity contribution in [3.63, 3.8) is 0 Å². The van der Waals surface area contributed by atoms with E-state index in [1.165, 1.54) is 0 Å². The summed E-state index contributed by atoms with van der Waals surface area (Å²) in [5, 5.41) is 0.513. The smallest absolute Gasteiger partial charge is 0.136 e. The molecule has 0 bridgehead atoms. The summed E-state index contributed by atoms with van der Waals surface area (Å²) in [7, 11) is 0. The van der Waals surface area contributed by atoms with Crippen molar-refractivity contribution < 1.29 is 9.47 Å². The zero-order valence-electron chi connectivity index (χ0n) is 10.6. The van der Waals surface area contributed by atoms with Gasteiger partial charge in [0.2, 0.25) is 0 Å². The van der Waals surface area contributed by atoms with Gasteiger partial charge in [-0.3, -0.25) is 0 Å². The van der Waals surface area contributed by atoms with Gasteiger partial charge in [-0.2, -0.15) is 0 Å². The molecular weight excluding hydrogens is 266 g/mol. The quantitative estimate of drug-likeness (QED) is 0.774. The predicted molar refractivity (Wildman–Crippen MR) is 74.7 cm³/mol. The van der Waals surface area contributed by atoms with Gasteiger partial charge in [0.25, 0.3) is 0 Å². The molecule has 2 aliphatic rings. The van der Waals surface area contributed by atoms with Crippen LogP contribution in [0.25, 0.3) is 0 Å². The van der Waals surface area contributed by atoms with Crippen LogP contribution in [-0.2, 0) is 9.47 Å². The molecule has 6 heteroatoms. The Bertz CT molecular complexity index is 475. The summed E-state index contributed by atoms with van der Waals surface area (Å²) >= 11 is 6.14. The molecule has 2 aliphatic heterocycles. The van der Waals surface area contributed by atoms with Gasteiger partial charge >= 0.3 is 0 Å². The lowest BCUT2D eigenvalue weighted by Crippen LogP contribution is -2.36. The Kier molecular flexibility index (Phi) is 3.75. The molecule has 0 atom stereocenters. The highest BCUT2D eigenvalue weighted by atomic mass is 35.5. The first-order valence-electron chi connectivity index (χ1n) is 6.38. The minimum atomic E-state index is 0.513. The first-order chi connectivity index (χ1) is 9.33. The van der Waals surface area contributed by atoms with Crippen molar-refractivity contribution >= 4 is 23.1 Å². The molecule has 1 aromatic rings. The minimum Gasteiger partial charge on any atom is -0.498 e. The van der Waals surface area contributed by atoms with Gasteiger partial charge in [-0.25, -0.2) is 4.98 Å². The van der Waals surface area contributed by atoms with E-state index in [0.29, 0.717) is 11.8 Å². The Balaban J connectivity index is 1.86.